The molecule has 0 spiro atoms. The van der Waals surface area contributed by atoms with Crippen molar-refractivity contribution < 1.29 is 34.1 Å². The van der Waals surface area contributed by atoms with Crippen molar-refractivity contribution >= 4 is 29.3 Å². The van der Waals surface area contributed by atoms with E-state index in [4.69, 9.17) is 4.74 Å². The molecule has 0 fully saturated rings. The van der Waals surface area contributed by atoms with Crippen molar-refractivity contribution in [1.82, 2.24) is 4.90 Å². The number of phenols is 2. The zero-order valence-electron chi connectivity index (χ0n) is 32.9. The molecule has 6 aromatic carbocycles. The van der Waals surface area contributed by atoms with Gasteiger partial charge >= 0.3 is 0 Å². The average molecular weight is 769 g/mol. The maximum absolute atomic E-state index is 14.0. The van der Waals surface area contributed by atoms with E-state index >= 15 is 0 Å². The number of imide groups is 2. The number of carbonyl (C=O) groups is 4. The fourth-order valence-corrected chi connectivity index (χ4v) is 8.72. The van der Waals surface area contributed by atoms with Crippen LogP contribution in [0.5, 0.6) is 23.0 Å². The van der Waals surface area contributed by atoms with Crippen molar-refractivity contribution in [3.8, 4) is 34.1 Å². The fourth-order valence-electron chi connectivity index (χ4n) is 8.72. The molecule has 3 aliphatic rings. The minimum absolute atomic E-state index is 0.0904. The molecule has 0 bridgehead atoms. The molecule has 58 heavy (non-hydrogen) atoms. The van der Waals surface area contributed by atoms with E-state index < -0.39 is 28.7 Å². The zero-order chi connectivity index (χ0) is 41.1. The Labute approximate surface area is 335 Å². The van der Waals surface area contributed by atoms with Gasteiger partial charge in [-0.1, -0.05) is 69.3 Å². The van der Waals surface area contributed by atoms with Gasteiger partial charge < -0.3 is 14.9 Å². The third-order valence-electron chi connectivity index (χ3n) is 11.5. The van der Waals surface area contributed by atoms with Crippen LogP contribution in [-0.4, -0.2) is 44.3 Å². The number of aromatic hydroxyl groups is 2. The second-order valence-electron chi connectivity index (χ2n) is 17.2. The first-order valence-electron chi connectivity index (χ1n) is 19.1. The summed E-state index contributed by atoms with van der Waals surface area (Å²) in [4.78, 5) is 56.4. The van der Waals surface area contributed by atoms with Crippen molar-refractivity contribution in [3.05, 3.63) is 171 Å². The van der Waals surface area contributed by atoms with Crippen LogP contribution >= 0.6 is 0 Å². The quantitative estimate of drug-likeness (QED) is 0.167. The molecule has 0 saturated carbocycles. The number of carbonyl (C=O) groups excluding carboxylic acids is 4. The van der Waals surface area contributed by atoms with Gasteiger partial charge in [0.15, 0.2) is 0 Å². The molecule has 0 radical (unpaired) electrons. The predicted octanol–water partition coefficient (Wildman–Crippen LogP) is 9.75. The average Bonchev–Trinajstić information content (AvgIpc) is 3.71. The van der Waals surface area contributed by atoms with E-state index in [0.29, 0.717) is 17.0 Å². The molecular weight excluding hydrogens is 729 g/mol. The minimum atomic E-state index is -0.966. The Balaban J connectivity index is 1.07. The number of benzene rings is 6. The molecule has 9 heteroatoms. The molecular formula is C49H40N2O7. The lowest BCUT2D eigenvalue weighted by Gasteiger charge is -2.34. The Morgan fingerprint density at radius 1 is 0.483 bits per heavy atom. The number of anilines is 1. The maximum atomic E-state index is 14.0. The van der Waals surface area contributed by atoms with Gasteiger partial charge in [-0.2, -0.15) is 0 Å². The molecule has 0 atom stereocenters. The summed E-state index contributed by atoms with van der Waals surface area (Å²) < 4.78 is 6.08. The van der Waals surface area contributed by atoms with Gasteiger partial charge in [-0.05, 0) is 138 Å². The van der Waals surface area contributed by atoms with Gasteiger partial charge in [-0.3, -0.25) is 24.1 Å². The summed E-state index contributed by atoms with van der Waals surface area (Å²) in [7, 11) is 0. The Morgan fingerprint density at radius 2 is 0.914 bits per heavy atom. The van der Waals surface area contributed by atoms with Crippen molar-refractivity contribution in [1.29, 1.82) is 0 Å². The monoisotopic (exact) mass is 768 g/mol. The number of hydrogen-bond acceptors (Lipinski definition) is 7. The molecule has 2 N–H and O–H groups in total. The molecule has 288 valence electrons. The summed E-state index contributed by atoms with van der Waals surface area (Å²) in [6.07, 6.45) is 0. The summed E-state index contributed by atoms with van der Waals surface area (Å²) in [6, 6.07) is 35.6. The SMILES string of the molecule is CC(C)(C)c1ccc(C2(c3ccc(N4C(=O)c5ccc(Oc6ccc7c(c6)C(=O)N(C(C)(C)C)C7=O)cc5C4=O)cc3)c3cc(O)ccc3-c3ccc(O)cc32)cc1. The number of fused-ring (bicyclic) bond motifs is 5. The van der Waals surface area contributed by atoms with Crippen LogP contribution in [0.3, 0.4) is 0 Å². The smallest absolute Gasteiger partial charge is 0.266 e. The highest BCUT2D eigenvalue weighted by atomic mass is 16.5. The molecule has 0 saturated heterocycles. The third-order valence-corrected chi connectivity index (χ3v) is 11.5. The predicted molar refractivity (Wildman–Crippen MR) is 220 cm³/mol. The standard InChI is InChI=1S/C49H40N2O7/c1-47(2,3)27-7-9-28(10-8-27)49(41-23-31(52)15-19-35(41)36-20-16-32(53)24-42(36)49)29-11-13-30(14-12-29)50-43(54)37-21-17-33(25-39(37)44(50)55)58-34-18-22-38-40(26-34)46(57)51(45(38)56)48(4,5)6/h7-26,52-53H,1-6H3. The Kier molecular flexibility index (Phi) is 7.89. The van der Waals surface area contributed by atoms with Crippen LogP contribution in [0.1, 0.15) is 111 Å². The second kappa shape index (κ2) is 12.5. The van der Waals surface area contributed by atoms with Crippen LogP contribution in [0.25, 0.3) is 11.1 Å². The summed E-state index contributed by atoms with van der Waals surface area (Å²) >= 11 is 0. The Hall–Kier alpha value is -7.00. The normalized spacial score (nSPS) is 15.4. The van der Waals surface area contributed by atoms with Crippen molar-refractivity contribution in [2.24, 2.45) is 0 Å². The zero-order valence-corrected chi connectivity index (χ0v) is 32.9. The molecule has 0 unspecified atom stereocenters. The number of amides is 4. The topological polar surface area (TPSA) is 124 Å². The first-order valence-corrected chi connectivity index (χ1v) is 19.1. The van der Waals surface area contributed by atoms with Crippen LogP contribution in [0.15, 0.2) is 121 Å². The highest BCUT2D eigenvalue weighted by Crippen LogP contribution is 2.57. The number of ether oxygens (including phenoxy) is 1. The van der Waals surface area contributed by atoms with Gasteiger partial charge in [0.25, 0.3) is 23.6 Å². The van der Waals surface area contributed by atoms with Gasteiger partial charge in [0.05, 0.1) is 33.4 Å². The van der Waals surface area contributed by atoms with Crippen molar-refractivity contribution in [2.45, 2.75) is 57.9 Å². The van der Waals surface area contributed by atoms with E-state index in [9.17, 15) is 29.4 Å². The largest absolute Gasteiger partial charge is 0.508 e. The lowest BCUT2D eigenvalue weighted by molar-refractivity contribution is 0.0507. The molecule has 6 aromatic rings. The van der Waals surface area contributed by atoms with Gasteiger partial charge in [-0.15, -0.1) is 0 Å². The van der Waals surface area contributed by atoms with Crippen LogP contribution in [-0.2, 0) is 10.8 Å². The van der Waals surface area contributed by atoms with Crippen molar-refractivity contribution in [2.75, 3.05) is 4.90 Å². The van der Waals surface area contributed by atoms with Gasteiger partial charge in [-0.25, -0.2) is 4.90 Å². The lowest BCUT2D eigenvalue weighted by Crippen LogP contribution is -2.45. The Morgan fingerprint density at radius 3 is 1.41 bits per heavy atom. The van der Waals surface area contributed by atoms with E-state index in [1.807, 2.05) is 24.3 Å². The van der Waals surface area contributed by atoms with Crippen LogP contribution in [0, 0.1) is 0 Å². The van der Waals surface area contributed by atoms with E-state index in [2.05, 4.69) is 45.0 Å². The Bertz CT molecular complexity index is 2720. The molecule has 2 heterocycles. The van der Waals surface area contributed by atoms with E-state index in [1.54, 1.807) is 81.4 Å². The van der Waals surface area contributed by atoms with Crippen LogP contribution in [0.2, 0.25) is 0 Å². The van der Waals surface area contributed by atoms with Crippen molar-refractivity contribution in [3.63, 3.8) is 0 Å². The summed E-state index contributed by atoms with van der Waals surface area (Å²) in [5, 5.41) is 21.7. The summed E-state index contributed by atoms with van der Waals surface area (Å²) in [5.41, 5.74) is 5.92. The highest BCUT2D eigenvalue weighted by molar-refractivity contribution is 6.34. The first kappa shape index (κ1) is 36.6. The van der Waals surface area contributed by atoms with Gasteiger partial charge in [0.1, 0.15) is 23.0 Å². The molecule has 2 aliphatic heterocycles. The van der Waals surface area contributed by atoms with E-state index in [0.717, 1.165) is 43.8 Å². The van der Waals surface area contributed by atoms with Gasteiger partial charge in [0, 0.05) is 5.54 Å². The van der Waals surface area contributed by atoms with E-state index in [1.165, 1.54) is 17.0 Å². The molecule has 9 rings (SSSR count). The first-order chi connectivity index (χ1) is 27.5. The third kappa shape index (κ3) is 5.37. The number of rotatable bonds is 5. The summed E-state index contributed by atoms with van der Waals surface area (Å²) in [5.74, 6) is -0.987. The number of nitrogens with zero attached hydrogens (tertiary/aromatic N) is 2. The van der Waals surface area contributed by atoms with Gasteiger partial charge in [0.2, 0.25) is 0 Å². The fraction of sp³-hybridized carbons (Fsp3) is 0.184. The summed E-state index contributed by atoms with van der Waals surface area (Å²) in [6.45, 7) is 11.8. The lowest BCUT2D eigenvalue weighted by atomic mass is 9.67. The van der Waals surface area contributed by atoms with Crippen LogP contribution < -0.4 is 9.64 Å². The van der Waals surface area contributed by atoms with E-state index in [-0.39, 0.29) is 45.3 Å². The van der Waals surface area contributed by atoms with Crippen LogP contribution in [0.4, 0.5) is 5.69 Å². The highest BCUT2D eigenvalue weighted by Gasteiger charge is 2.47. The molecule has 0 aromatic heterocycles. The molecule has 1 aliphatic carbocycles. The number of hydrogen-bond donors (Lipinski definition) is 2. The number of phenolic OH excluding ortho intramolecular Hbond substituents is 2. The molecule has 9 nitrogen and oxygen atoms in total. The molecule has 4 amide bonds. The maximum Gasteiger partial charge on any atom is 0.266 e. The second-order valence-corrected chi connectivity index (χ2v) is 17.2. The minimum Gasteiger partial charge on any atom is -0.508 e.